The Balaban J connectivity index is 2.18. The van der Waals surface area contributed by atoms with Crippen LogP contribution in [0.1, 0.15) is 19.4 Å². The van der Waals surface area contributed by atoms with Crippen molar-refractivity contribution in [3.8, 4) is 0 Å². The fourth-order valence-electron chi connectivity index (χ4n) is 1.72. The van der Waals surface area contributed by atoms with Gasteiger partial charge in [-0.05, 0) is 18.7 Å². The molecule has 0 aliphatic carbocycles. The second-order valence-electron chi connectivity index (χ2n) is 4.14. The van der Waals surface area contributed by atoms with Crippen LogP contribution in [0.15, 0.2) is 30.3 Å². The first-order chi connectivity index (χ1) is 8.26. The number of nitrogens with zero attached hydrogens (tertiary/aromatic N) is 1. The van der Waals surface area contributed by atoms with Gasteiger partial charge >= 0.3 is 0 Å². The zero-order chi connectivity index (χ0) is 12.5. The molecule has 1 aromatic carbocycles. The van der Waals surface area contributed by atoms with Crippen molar-refractivity contribution < 1.29 is 9.84 Å². The largest absolute Gasteiger partial charge is 0.389 e. The maximum absolute atomic E-state index is 9.79. The van der Waals surface area contributed by atoms with E-state index in [2.05, 4.69) is 18.7 Å². The predicted molar refractivity (Wildman–Crippen MR) is 69.9 cm³/mol. The molecule has 0 radical (unpaired) electrons. The standard InChI is InChI=1S/C14H23NO2/c1-3-15(4-2)10-14(16)12-17-11-13-8-6-5-7-9-13/h5-9,14,16H,3-4,10-12H2,1-2H3/t14-/m1/s1. The zero-order valence-electron chi connectivity index (χ0n) is 10.8. The van der Waals surface area contributed by atoms with Gasteiger partial charge in [-0.2, -0.15) is 0 Å². The van der Waals surface area contributed by atoms with Crippen molar-refractivity contribution in [2.75, 3.05) is 26.2 Å². The summed E-state index contributed by atoms with van der Waals surface area (Å²) >= 11 is 0. The second-order valence-corrected chi connectivity index (χ2v) is 4.14. The third-order valence-corrected chi connectivity index (χ3v) is 2.79. The molecule has 0 aliphatic heterocycles. The quantitative estimate of drug-likeness (QED) is 0.749. The van der Waals surface area contributed by atoms with Gasteiger partial charge in [-0.15, -0.1) is 0 Å². The average molecular weight is 237 g/mol. The van der Waals surface area contributed by atoms with E-state index in [4.69, 9.17) is 4.74 Å². The van der Waals surface area contributed by atoms with E-state index in [1.165, 1.54) is 0 Å². The number of aliphatic hydroxyl groups is 1. The average Bonchev–Trinajstić information content (AvgIpc) is 2.37. The number of benzene rings is 1. The molecule has 0 fully saturated rings. The van der Waals surface area contributed by atoms with Crippen LogP contribution in [0.5, 0.6) is 0 Å². The molecule has 96 valence electrons. The highest BCUT2D eigenvalue weighted by Gasteiger charge is 2.08. The minimum atomic E-state index is -0.404. The third-order valence-electron chi connectivity index (χ3n) is 2.79. The maximum atomic E-state index is 9.79. The Morgan fingerprint density at radius 3 is 2.41 bits per heavy atom. The molecule has 0 spiro atoms. The minimum absolute atomic E-state index is 0.394. The van der Waals surface area contributed by atoms with E-state index < -0.39 is 6.10 Å². The zero-order valence-corrected chi connectivity index (χ0v) is 10.8. The molecule has 3 nitrogen and oxygen atoms in total. The molecule has 1 N–H and O–H groups in total. The molecule has 0 bridgehead atoms. The van der Waals surface area contributed by atoms with Gasteiger partial charge < -0.3 is 14.7 Å². The number of hydrogen-bond acceptors (Lipinski definition) is 3. The van der Waals surface area contributed by atoms with Gasteiger partial charge in [0.25, 0.3) is 0 Å². The van der Waals surface area contributed by atoms with Crippen LogP contribution in [0.2, 0.25) is 0 Å². The topological polar surface area (TPSA) is 32.7 Å². The molecule has 1 atom stereocenters. The summed E-state index contributed by atoms with van der Waals surface area (Å²) in [6.45, 7) is 7.77. The lowest BCUT2D eigenvalue weighted by Gasteiger charge is -2.21. The Labute approximate surface area is 104 Å². The fourth-order valence-corrected chi connectivity index (χ4v) is 1.72. The van der Waals surface area contributed by atoms with E-state index >= 15 is 0 Å². The van der Waals surface area contributed by atoms with Gasteiger partial charge in [0.15, 0.2) is 0 Å². The normalized spacial score (nSPS) is 12.9. The number of ether oxygens (including phenoxy) is 1. The molecule has 1 rings (SSSR count). The van der Waals surface area contributed by atoms with Gasteiger partial charge in [0.1, 0.15) is 0 Å². The lowest BCUT2D eigenvalue weighted by molar-refractivity contribution is 0.0114. The second kappa shape index (κ2) is 8.23. The first kappa shape index (κ1) is 14.2. The molecule has 1 aromatic rings. The Morgan fingerprint density at radius 2 is 1.82 bits per heavy atom. The number of rotatable bonds is 8. The summed E-state index contributed by atoms with van der Waals surface area (Å²) in [7, 11) is 0. The maximum Gasteiger partial charge on any atom is 0.0900 e. The lowest BCUT2D eigenvalue weighted by Crippen LogP contribution is -2.34. The van der Waals surface area contributed by atoms with Crippen molar-refractivity contribution in [1.82, 2.24) is 4.90 Å². The number of hydrogen-bond donors (Lipinski definition) is 1. The summed E-state index contributed by atoms with van der Waals surface area (Å²) < 4.78 is 5.49. The summed E-state index contributed by atoms with van der Waals surface area (Å²) in [6.07, 6.45) is -0.404. The van der Waals surface area contributed by atoms with Crippen LogP contribution in [-0.4, -0.2) is 42.4 Å². The number of aliphatic hydroxyl groups excluding tert-OH is 1. The fraction of sp³-hybridized carbons (Fsp3) is 0.571. The van der Waals surface area contributed by atoms with Crippen LogP contribution < -0.4 is 0 Å². The Hall–Kier alpha value is -0.900. The summed E-state index contributed by atoms with van der Waals surface area (Å²) in [5.74, 6) is 0. The van der Waals surface area contributed by atoms with Crippen molar-refractivity contribution in [3.63, 3.8) is 0 Å². The predicted octanol–water partition coefficient (Wildman–Crippen LogP) is 1.91. The molecule has 3 heteroatoms. The van der Waals surface area contributed by atoms with E-state index in [0.717, 1.165) is 18.7 Å². The summed E-state index contributed by atoms with van der Waals surface area (Å²) in [4.78, 5) is 2.19. The highest BCUT2D eigenvalue weighted by molar-refractivity contribution is 5.13. The molecule has 0 aromatic heterocycles. The Bertz CT molecular complexity index is 286. The van der Waals surface area contributed by atoms with Crippen molar-refractivity contribution in [3.05, 3.63) is 35.9 Å². The van der Waals surface area contributed by atoms with Crippen molar-refractivity contribution >= 4 is 0 Å². The molecule has 0 saturated heterocycles. The molecule has 0 unspecified atom stereocenters. The van der Waals surface area contributed by atoms with E-state index in [-0.39, 0.29) is 0 Å². The lowest BCUT2D eigenvalue weighted by atomic mass is 10.2. The van der Waals surface area contributed by atoms with Crippen molar-refractivity contribution in [2.45, 2.75) is 26.6 Å². The van der Waals surface area contributed by atoms with Crippen LogP contribution in [-0.2, 0) is 11.3 Å². The molecule has 0 amide bonds. The highest BCUT2D eigenvalue weighted by Crippen LogP contribution is 2.01. The molecular formula is C14H23NO2. The van der Waals surface area contributed by atoms with E-state index in [9.17, 15) is 5.11 Å². The van der Waals surface area contributed by atoms with Gasteiger partial charge in [0, 0.05) is 6.54 Å². The summed E-state index contributed by atoms with van der Waals surface area (Å²) in [5.41, 5.74) is 1.14. The first-order valence-electron chi connectivity index (χ1n) is 6.28. The van der Waals surface area contributed by atoms with Crippen molar-refractivity contribution in [1.29, 1.82) is 0 Å². The Morgan fingerprint density at radius 1 is 1.18 bits per heavy atom. The van der Waals surface area contributed by atoms with Gasteiger partial charge in [0.2, 0.25) is 0 Å². The molecule has 17 heavy (non-hydrogen) atoms. The first-order valence-corrected chi connectivity index (χ1v) is 6.28. The van der Waals surface area contributed by atoms with Gasteiger partial charge in [0.05, 0.1) is 19.3 Å². The van der Waals surface area contributed by atoms with Crippen LogP contribution in [0.25, 0.3) is 0 Å². The van der Waals surface area contributed by atoms with Gasteiger partial charge in [-0.1, -0.05) is 44.2 Å². The van der Waals surface area contributed by atoms with Gasteiger partial charge in [-0.25, -0.2) is 0 Å². The van der Waals surface area contributed by atoms with Crippen molar-refractivity contribution in [2.24, 2.45) is 0 Å². The van der Waals surface area contributed by atoms with Crippen LogP contribution >= 0.6 is 0 Å². The van der Waals surface area contributed by atoms with Crippen LogP contribution in [0.3, 0.4) is 0 Å². The monoisotopic (exact) mass is 237 g/mol. The van der Waals surface area contributed by atoms with Gasteiger partial charge in [-0.3, -0.25) is 0 Å². The van der Waals surface area contributed by atoms with Crippen LogP contribution in [0, 0.1) is 0 Å². The smallest absolute Gasteiger partial charge is 0.0900 e. The van der Waals surface area contributed by atoms with E-state index in [1.807, 2.05) is 30.3 Å². The van der Waals surface area contributed by atoms with E-state index in [1.54, 1.807) is 0 Å². The van der Waals surface area contributed by atoms with E-state index in [0.29, 0.717) is 19.8 Å². The molecule has 0 heterocycles. The Kier molecular flexibility index (Phi) is 6.86. The molecule has 0 aliphatic rings. The number of likely N-dealkylation sites (N-methyl/N-ethyl adjacent to an activating group) is 1. The summed E-state index contributed by atoms with van der Waals surface area (Å²) in [5, 5.41) is 9.79. The van der Waals surface area contributed by atoms with Crippen LogP contribution in [0.4, 0.5) is 0 Å². The third kappa shape index (κ3) is 5.82. The minimum Gasteiger partial charge on any atom is -0.389 e. The summed E-state index contributed by atoms with van der Waals surface area (Å²) in [6, 6.07) is 10.0. The molecular weight excluding hydrogens is 214 g/mol. The SMILES string of the molecule is CCN(CC)C[C@@H](O)COCc1ccccc1. The highest BCUT2D eigenvalue weighted by atomic mass is 16.5. The molecule has 0 saturated carbocycles.